The summed E-state index contributed by atoms with van der Waals surface area (Å²) in [4.78, 5) is 25.2. The van der Waals surface area contributed by atoms with Crippen LogP contribution in [-0.2, 0) is 0 Å². The van der Waals surface area contributed by atoms with Gasteiger partial charge in [0.15, 0.2) is 0 Å². The highest BCUT2D eigenvalue weighted by atomic mass is 16.2. The minimum atomic E-state index is -0.0576. The summed E-state index contributed by atoms with van der Waals surface area (Å²) >= 11 is 0. The Hall–Kier alpha value is -2.64. The summed E-state index contributed by atoms with van der Waals surface area (Å²) in [5, 5.41) is 7.67. The number of aromatic nitrogens is 4. The van der Waals surface area contributed by atoms with Crippen LogP contribution in [0.25, 0.3) is 0 Å². The minimum absolute atomic E-state index is 0.0576. The number of carbonyl (C=O) groups excluding carboxylic acids is 1. The highest BCUT2D eigenvalue weighted by Crippen LogP contribution is 2.32. The van der Waals surface area contributed by atoms with Crippen LogP contribution < -0.4 is 10.2 Å². The zero-order chi connectivity index (χ0) is 17.9. The van der Waals surface area contributed by atoms with E-state index in [-0.39, 0.29) is 6.03 Å². The molecule has 4 rings (SSSR count). The molecule has 0 bridgehead atoms. The summed E-state index contributed by atoms with van der Waals surface area (Å²) in [6, 6.07) is 4.12. The summed E-state index contributed by atoms with van der Waals surface area (Å²) in [6.45, 7) is 4.75. The molecule has 1 aliphatic carbocycles. The van der Waals surface area contributed by atoms with Gasteiger partial charge in [-0.2, -0.15) is 5.10 Å². The normalized spacial score (nSPS) is 18.3. The van der Waals surface area contributed by atoms with Gasteiger partial charge in [0.25, 0.3) is 0 Å². The fourth-order valence-electron chi connectivity index (χ4n) is 3.79. The average Bonchev–Trinajstić information content (AvgIpc) is 3.32. The fourth-order valence-corrected chi connectivity index (χ4v) is 3.79. The first-order valence-electron chi connectivity index (χ1n) is 9.35. The second-order valence-corrected chi connectivity index (χ2v) is 7.01. The number of nitrogens with zero attached hydrogens (tertiary/aromatic N) is 6. The van der Waals surface area contributed by atoms with Gasteiger partial charge in [-0.3, -0.25) is 5.32 Å². The van der Waals surface area contributed by atoms with Crippen LogP contribution in [0, 0.1) is 6.92 Å². The zero-order valence-corrected chi connectivity index (χ0v) is 15.1. The number of hydrogen-bond acceptors (Lipinski definition) is 5. The number of piperazine rings is 1. The first-order chi connectivity index (χ1) is 12.7. The molecular formula is C18H25N7O. The van der Waals surface area contributed by atoms with Crippen LogP contribution in [0.5, 0.6) is 0 Å². The predicted octanol–water partition coefficient (Wildman–Crippen LogP) is 2.45. The van der Waals surface area contributed by atoms with Crippen LogP contribution in [0.2, 0.25) is 0 Å². The third-order valence-corrected chi connectivity index (χ3v) is 5.17. The molecular weight excluding hydrogens is 330 g/mol. The molecule has 0 aromatic carbocycles. The Bertz CT molecular complexity index is 746. The van der Waals surface area contributed by atoms with Gasteiger partial charge in [-0.25, -0.2) is 19.4 Å². The quantitative estimate of drug-likeness (QED) is 0.915. The third kappa shape index (κ3) is 3.49. The van der Waals surface area contributed by atoms with Crippen LogP contribution in [0.15, 0.2) is 24.5 Å². The Labute approximate surface area is 153 Å². The van der Waals surface area contributed by atoms with Gasteiger partial charge in [0.1, 0.15) is 5.82 Å². The van der Waals surface area contributed by atoms with Gasteiger partial charge in [0.2, 0.25) is 5.95 Å². The molecule has 2 aromatic heterocycles. The number of anilines is 2. The number of aryl methyl sites for hydroxylation is 1. The molecule has 2 aliphatic rings. The summed E-state index contributed by atoms with van der Waals surface area (Å²) < 4.78 is 2.01. The van der Waals surface area contributed by atoms with Gasteiger partial charge in [-0.05, 0) is 25.8 Å². The Morgan fingerprint density at radius 2 is 1.81 bits per heavy atom. The number of urea groups is 1. The molecule has 8 heteroatoms. The predicted molar refractivity (Wildman–Crippen MR) is 99.3 cm³/mol. The third-order valence-electron chi connectivity index (χ3n) is 5.17. The summed E-state index contributed by atoms with van der Waals surface area (Å²) in [6.07, 6.45) is 8.24. The van der Waals surface area contributed by atoms with Gasteiger partial charge >= 0.3 is 6.03 Å². The van der Waals surface area contributed by atoms with Crippen LogP contribution in [0.4, 0.5) is 16.6 Å². The smallest absolute Gasteiger partial charge is 0.323 e. The molecule has 3 heterocycles. The van der Waals surface area contributed by atoms with Gasteiger partial charge in [0, 0.05) is 44.6 Å². The molecule has 0 unspecified atom stereocenters. The van der Waals surface area contributed by atoms with Crippen molar-refractivity contribution in [2.75, 3.05) is 36.4 Å². The van der Waals surface area contributed by atoms with E-state index >= 15 is 0 Å². The molecule has 1 N–H and O–H groups in total. The van der Waals surface area contributed by atoms with E-state index in [1.165, 1.54) is 12.8 Å². The minimum Gasteiger partial charge on any atom is -0.337 e. The molecule has 1 aliphatic heterocycles. The number of hydrogen-bond donors (Lipinski definition) is 1. The van der Waals surface area contributed by atoms with E-state index in [0.717, 1.165) is 43.4 Å². The largest absolute Gasteiger partial charge is 0.337 e. The summed E-state index contributed by atoms with van der Waals surface area (Å²) in [7, 11) is 0. The number of amides is 2. The molecule has 8 nitrogen and oxygen atoms in total. The first kappa shape index (κ1) is 16.8. The van der Waals surface area contributed by atoms with Crippen molar-refractivity contribution in [1.82, 2.24) is 24.6 Å². The fraction of sp³-hybridized carbons (Fsp3) is 0.556. The molecule has 0 spiro atoms. The van der Waals surface area contributed by atoms with Crippen LogP contribution >= 0.6 is 0 Å². The molecule has 2 amide bonds. The van der Waals surface area contributed by atoms with Gasteiger partial charge in [-0.15, -0.1) is 0 Å². The molecule has 0 atom stereocenters. The molecule has 2 aromatic rings. The first-order valence-corrected chi connectivity index (χ1v) is 9.35. The standard InChI is InChI=1S/C18H25N7O/c1-14-13-16(25(22-14)15-5-2-3-6-15)21-18(26)24-11-9-23(10-12-24)17-19-7-4-8-20-17/h4,7-8,13,15H,2-3,5-6,9-12H2,1H3,(H,21,26). The van der Waals surface area contributed by atoms with E-state index in [9.17, 15) is 4.79 Å². The molecule has 0 radical (unpaired) electrons. The van der Waals surface area contributed by atoms with E-state index in [1.54, 1.807) is 12.4 Å². The molecule has 26 heavy (non-hydrogen) atoms. The van der Waals surface area contributed by atoms with E-state index in [4.69, 9.17) is 0 Å². The van der Waals surface area contributed by atoms with Gasteiger partial charge < -0.3 is 9.80 Å². The Morgan fingerprint density at radius 3 is 2.50 bits per heavy atom. The second-order valence-electron chi connectivity index (χ2n) is 7.01. The number of rotatable bonds is 3. The van der Waals surface area contributed by atoms with Crippen molar-refractivity contribution in [3.63, 3.8) is 0 Å². The van der Waals surface area contributed by atoms with Crippen molar-refractivity contribution >= 4 is 17.8 Å². The Morgan fingerprint density at radius 1 is 1.12 bits per heavy atom. The maximum absolute atomic E-state index is 12.7. The summed E-state index contributed by atoms with van der Waals surface area (Å²) in [5.74, 6) is 1.54. The zero-order valence-electron chi connectivity index (χ0n) is 15.1. The van der Waals surface area contributed by atoms with E-state index in [0.29, 0.717) is 19.1 Å². The van der Waals surface area contributed by atoms with Gasteiger partial charge in [-0.1, -0.05) is 12.8 Å². The van der Waals surface area contributed by atoms with Crippen molar-refractivity contribution in [3.8, 4) is 0 Å². The highest BCUT2D eigenvalue weighted by molar-refractivity contribution is 5.88. The highest BCUT2D eigenvalue weighted by Gasteiger charge is 2.25. The lowest BCUT2D eigenvalue weighted by Crippen LogP contribution is -2.50. The van der Waals surface area contributed by atoms with E-state index in [1.807, 2.05) is 28.6 Å². The number of carbonyl (C=O) groups is 1. The van der Waals surface area contributed by atoms with Crippen molar-refractivity contribution in [3.05, 3.63) is 30.2 Å². The topological polar surface area (TPSA) is 79.2 Å². The van der Waals surface area contributed by atoms with Crippen molar-refractivity contribution < 1.29 is 4.79 Å². The van der Waals surface area contributed by atoms with E-state index < -0.39 is 0 Å². The Kier molecular flexibility index (Phi) is 4.73. The lowest BCUT2D eigenvalue weighted by Gasteiger charge is -2.34. The molecule has 2 fully saturated rings. The Balaban J connectivity index is 1.37. The van der Waals surface area contributed by atoms with E-state index in [2.05, 4.69) is 25.3 Å². The van der Waals surface area contributed by atoms with Crippen LogP contribution in [-0.4, -0.2) is 56.9 Å². The van der Waals surface area contributed by atoms with Crippen molar-refractivity contribution in [1.29, 1.82) is 0 Å². The van der Waals surface area contributed by atoms with Gasteiger partial charge in [0.05, 0.1) is 11.7 Å². The molecule has 1 saturated heterocycles. The van der Waals surface area contributed by atoms with Crippen LogP contribution in [0.3, 0.4) is 0 Å². The van der Waals surface area contributed by atoms with Crippen LogP contribution in [0.1, 0.15) is 37.4 Å². The number of nitrogens with one attached hydrogen (secondary N) is 1. The monoisotopic (exact) mass is 355 g/mol. The second kappa shape index (κ2) is 7.31. The summed E-state index contributed by atoms with van der Waals surface area (Å²) in [5.41, 5.74) is 0.943. The maximum Gasteiger partial charge on any atom is 0.323 e. The molecule has 138 valence electrons. The average molecular weight is 355 g/mol. The molecule has 1 saturated carbocycles. The SMILES string of the molecule is Cc1cc(NC(=O)N2CCN(c3ncccn3)CC2)n(C2CCCC2)n1. The lowest BCUT2D eigenvalue weighted by molar-refractivity contribution is 0.207. The van der Waals surface area contributed by atoms with Crippen molar-refractivity contribution in [2.24, 2.45) is 0 Å². The van der Waals surface area contributed by atoms with Crippen molar-refractivity contribution in [2.45, 2.75) is 38.6 Å². The maximum atomic E-state index is 12.7. The lowest BCUT2D eigenvalue weighted by atomic mass is 10.2.